The van der Waals surface area contributed by atoms with E-state index in [0.29, 0.717) is 0 Å². The second-order valence-electron chi connectivity index (χ2n) is 18.0. The Morgan fingerprint density at radius 1 is 0.299 bits per heavy atom. The van der Waals surface area contributed by atoms with Crippen molar-refractivity contribution in [1.82, 2.24) is 4.57 Å². The molecule has 312 valence electrons. The number of anilines is 3. The van der Waals surface area contributed by atoms with Gasteiger partial charge in [0.1, 0.15) is 0 Å². The van der Waals surface area contributed by atoms with E-state index in [4.69, 9.17) is 0 Å². The number of fused-ring (bicyclic) bond motifs is 15. The molecule has 0 aliphatic heterocycles. The molecule has 1 aromatic heterocycles. The Morgan fingerprint density at radius 2 is 0.776 bits per heavy atom. The van der Waals surface area contributed by atoms with E-state index in [9.17, 15) is 0 Å². The summed E-state index contributed by atoms with van der Waals surface area (Å²) in [4.78, 5) is 2.43. The predicted octanol–water partition coefficient (Wildman–Crippen LogP) is 17.1. The maximum atomic E-state index is 2.48. The van der Waals surface area contributed by atoms with Gasteiger partial charge in [0.15, 0.2) is 0 Å². The van der Waals surface area contributed by atoms with Crippen molar-refractivity contribution >= 4 is 49.6 Å². The van der Waals surface area contributed by atoms with Gasteiger partial charge in [-0.15, -0.1) is 0 Å². The lowest BCUT2D eigenvalue weighted by Crippen LogP contribution is -2.26. The molecule has 2 aliphatic rings. The lowest BCUT2D eigenvalue weighted by molar-refractivity contribution is 0.793. The first kappa shape index (κ1) is 37.6. The molecule has 1 heterocycles. The maximum absolute atomic E-state index is 2.48. The summed E-state index contributed by atoms with van der Waals surface area (Å²) >= 11 is 0. The third-order valence-corrected chi connectivity index (χ3v) is 14.6. The highest BCUT2D eigenvalue weighted by Crippen LogP contribution is 2.63. The van der Waals surface area contributed by atoms with E-state index >= 15 is 0 Å². The monoisotopic (exact) mass is 850 g/mol. The van der Waals surface area contributed by atoms with E-state index in [0.717, 1.165) is 22.7 Å². The number of hydrogen-bond donors (Lipinski definition) is 0. The van der Waals surface area contributed by atoms with E-state index in [2.05, 4.69) is 264 Å². The van der Waals surface area contributed by atoms with Crippen LogP contribution in [0.2, 0.25) is 0 Å². The number of benzene rings is 11. The zero-order chi connectivity index (χ0) is 44.1. The van der Waals surface area contributed by atoms with E-state index in [1.54, 1.807) is 0 Å². The van der Waals surface area contributed by atoms with Crippen LogP contribution in [-0.4, -0.2) is 4.57 Å². The summed E-state index contributed by atoms with van der Waals surface area (Å²) in [5.41, 5.74) is 21.8. The number of rotatable bonds is 6. The number of nitrogens with zero attached hydrogens (tertiary/aromatic N) is 2. The van der Waals surface area contributed by atoms with Gasteiger partial charge in [0.05, 0.1) is 16.4 Å². The van der Waals surface area contributed by atoms with Crippen molar-refractivity contribution in [2.24, 2.45) is 0 Å². The molecule has 0 atom stereocenters. The van der Waals surface area contributed by atoms with Crippen molar-refractivity contribution in [3.8, 4) is 50.2 Å². The normalized spacial score (nSPS) is 12.9. The fourth-order valence-corrected chi connectivity index (χ4v) is 11.7. The Morgan fingerprint density at radius 3 is 1.42 bits per heavy atom. The Balaban J connectivity index is 0.936. The van der Waals surface area contributed by atoms with Gasteiger partial charge in [-0.2, -0.15) is 0 Å². The van der Waals surface area contributed by atoms with Crippen LogP contribution in [0.5, 0.6) is 0 Å². The molecule has 0 radical (unpaired) electrons. The second-order valence-corrected chi connectivity index (χ2v) is 18.0. The molecule has 1 spiro atoms. The van der Waals surface area contributed by atoms with Gasteiger partial charge in [-0.3, -0.25) is 0 Å². The molecule has 0 saturated heterocycles. The molecule has 2 aliphatic carbocycles. The summed E-state index contributed by atoms with van der Waals surface area (Å²) in [7, 11) is 0. The summed E-state index contributed by atoms with van der Waals surface area (Å²) in [6.45, 7) is 0. The third kappa shape index (κ3) is 5.51. The van der Waals surface area contributed by atoms with Crippen LogP contribution in [0.15, 0.2) is 255 Å². The van der Waals surface area contributed by atoms with E-state index in [-0.39, 0.29) is 0 Å². The minimum atomic E-state index is -0.436. The minimum Gasteiger partial charge on any atom is -0.310 e. The molecule has 0 unspecified atom stereocenters. The predicted molar refractivity (Wildman–Crippen MR) is 280 cm³/mol. The highest BCUT2D eigenvalue weighted by atomic mass is 15.1. The van der Waals surface area contributed by atoms with Crippen molar-refractivity contribution in [1.29, 1.82) is 0 Å². The summed E-state index contributed by atoms with van der Waals surface area (Å²) in [6.07, 6.45) is 0. The Bertz CT molecular complexity index is 3840. The number of hydrogen-bond acceptors (Lipinski definition) is 1. The maximum Gasteiger partial charge on any atom is 0.0726 e. The third-order valence-electron chi connectivity index (χ3n) is 14.6. The number of para-hydroxylation sites is 1. The van der Waals surface area contributed by atoms with Gasteiger partial charge in [-0.1, -0.05) is 200 Å². The van der Waals surface area contributed by atoms with Crippen LogP contribution in [0.4, 0.5) is 17.1 Å². The smallest absolute Gasteiger partial charge is 0.0726 e. The van der Waals surface area contributed by atoms with Gasteiger partial charge >= 0.3 is 0 Å². The molecule has 12 aromatic rings. The summed E-state index contributed by atoms with van der Waals surface area (Å²) < 4.78 is 2.45. The molecule has 67 heavy (non-hydrogen) atoms. The Kier molecular flexibility index (Phi) is 8.23. The highest BCUT2D eigenvalue weighted by Gasteiger charge is 2.51. The zero-order valence-corrected chi connectivity index (χ0v) is 36.6. The fourth-order valence-electron chi connectivity index (χ4n) is 11.7. The molecule has 0 saturated carbocycles. The second kappa shape index (κ2) is 14.7. The van der Waals surface area contributed by atoms with Gasteiger partial charge in [0, 0.05) is 38.9 Å². The van der Waals surface area contributed by atoms with Crippen molar-refractivity contribution in [2.75, 3.05) is 4.90 Å². The molecule has 0 N–H and O–H groups in total. The van der Waals surface area contributed by atoms with Crippen LogP contribution in [0, 0.1) is 0 Å². The quantitative estimate of drug-likeness (QED) is 0.162. The van der Waals surface area contributed by atoms with Crippen LogP contribution < -0.4 is 4.90 Å². The first-order valence-corrected chi connectivity index (χ1v) is 23.3. The van der Waals surface area contributed by atoms with Gasteiger partial charge in [0.2, 0.25) is 0 Å². The average Bonchev–Trinajstić information content (AvgIpc) is 4.01. The summed E-state index contributed by atoms with van der Waals surface area (Å²) in [5.74, 6) is 0. The molecule has 0 bridgehead atoms. The van der Waals surface area contributed by atoms with Crippen molar-refractivity contribution in [2.45, 2.75) is 5.41 Å². The zero-order valence-electron chi connectivity index (χ0n) is 36.6. The molecule has 2 nitrogen and oxygen atoms in total. The first-order chi connectivity index (χ1) is 33.2. The van der Waals surface area contributed by atoms with E-state index < -0.39 is 5.41 Å². The van der Waals surface area contributed by atoms with Crippen LogP contribution in [-0.2, 0) is 5.41 Å². The lowest BCUT2D eigenvalue weighted by Gasteiger charge is -2.32. The van der Waals surface area contributed by atoms with E-state index in [1.165, 1.54) is 99.3 Å². The van der Waals surface area contributed by atoms with E-state index in [1.807, 2.05) is 0 Å². The van der Waals surface area contributed by atoms with Gasteiger partial charge in [0.25, 0.3) is 0 Å². The minimum absolute atomic E-state index is 0.436. The van der Waals surface area contributed by atoms with Gasteiger partial charge in [-0.05, 0) is 127 Å². The SMILES string of the molecule is c1ccc(-c2ccc(N(c3ccc(-c4ccc5c6ccc7ccccc7c6n(-c6ccccc6)c5c4)cc3)c3ccc4c(c3)C3(c5ccccc5-c5ccccc53)c3ccccc3-4)cc2)cc1. The Labute approximate surface area is 389 Å². The highest BCUT2D eigenvalue weighted by molar-refractivity contribution is 6.19. The summed E-state index contributed by atoms with van der Waals surface area (Å²) in [5, 5.41) is 5.01. The largest absolute Gasteiger partial charge is 0.310 e. The summed E-state index contributed by atoms with van der Waals surface area (Å²) in [6, 6.07) is 94.2. The molecule has 0 amide bonds. The molecular formula is C65H42N2. The van der Waals surface area contributed by atoms with Crippen LogP contribution in [0.25, 0.3) is 82.8 Å². The molecule has 0 fully saturated rings. The molecular weight excluding hydrogens is 809 g/mol. The van der Waals surface area contributed by atoms with Crippen LogP contribution in [0.3, 0.4) is 0 Å². The molecule has 14 rings (SSSR count). The van der Waals surface area contributed by atoms with Crippen LogP contribution >= 0.6 is 0 Å². The lowest BCUT2D eigenvalue weighted by atomic mass is 9.70. The molecule has 2 heteroatoms. The first-order valence-electron chi connectivity index (χ1n) is 23.3. The van der Waals surface area contributed by atoms with Gasteiger partial charge in [-0.25, -0.2) is 0 Å². The molecule has 11 aromatic carbocycles. The van der Waals surface area contributed by atoms with Gasteiger partial charge < -0.3 is 9.47 Å². The Hall–Kier alpha value is -8.72. The number of aromatic nitrogens is 1. The fraction of sp³-hybridized carbons (Fsp3) is 0.0154. The van der Waals surface area contributed by atoms with Crippen molar-refractivity contribution < 1.29 is 0 Å². The van der Waals surface area contributed by atoms with Crippen molar-refractivity contribution in [3.05, 3.63) is 277 Å². The topological polar surface area (TPSA) is 8.17 Å². The van der Waals surface area contributed by atoms with Crippen molar-refractivity contribution in [3.63, 3.8) is 0 Å². The van der Waals surface area contributed by atoms with Crippen LogP contribution in [0.1, 0.15) is 22.3 Å². The average molecular weight is 851 g/mol. The standard InChI is InChI=1S/C65H42N2/c1-3-15-43(16-4-1)44-27-33-49(34-28-44)66(51-37-40-56-55-23-11-14-26-61(55)65(62(56)42-51)59-24-12-9-21-53(59)54-22-10-13-25-60(54)65)50-35-29-45(30-36-50)47-32-38-57-58-39-31-46-17-7-8-20-52(46)64(58)67(63(57)41-47)48-18-5-2-6-19-48/h1-42H.